The lowest BCUT2D eigenvalue weighted by molar-refractivity contribution is 0.995. The third-order valence-electron chi connectivity index (χ3n) is 4.79. The number of fused-ring (bicyclic) bond motifs is 1. The molecule has 1 aliphatic heterocycles. The molecule has 0 fully saturated rings. The fraction of sp³-hybridized carbons (Fsp3) is 0.200. The van der Waals surface area contributed by atoms with E-state index in [1.807, 2.05) is 13.8 Å². The summed E-state index contributed by atoms with van der Waals surface area (Å²) in [7, 11) is 0. The van der Waals surface area contributed by atoms with Gasteiger partial charge in [0.1, 0.15) is 0 Å². The highest BCUT2D eigenvalue weighted by Gasteiger charge is 2.10. The first-order valence-electron chi connectivity index (χ1n) is 9.44. The van der Waals surface area contributed by atoms with E-state index < -0.39 is 0 Å². The van der Waals surface area contributed by atoms with Crippen molar-refractivity contribution < 1.29 is 0 Å². The maximum atomic E-state index is 3.45. The summed E-state index contributed by atoms with van der Waals surface area (Å²) >= 11 is 0. The third-order valence-corrected chi connectivity index (χ3v) is 4.79. The number of rotatable bonds is 2. The summed E-state index contributed by atoms with van der Waals surface area (Å²) < 4.78 is 0. The van der Waals surface area contributed by atoms with Crippen LogP contribution < -0.4 is 5.32 Å². The normalized spacial score (nSPS) is 12.8. The maximum absolute atomic E-state index is 3.45. The van der Waals surface area contributed by atoms with Gasteiger partial charge in [0.2, 0.25) is 0 Å². The van der Waals surface area contributed by atoms with Crippen molar-refractivity contribution in [1.82, 2.24) is 5.32 Å². The number of aryl methyl sites for hydroxylation is 2. The molecule has 1 aliphatic rings. The van der Waals surface area contributed by atoms with E-state index in [0.29, 0.717) is 0 Å². The number of benzene rings is 3. The first kappa shape index (κ1) is 18.0. The Labute approximate surface area is 157 Å². The smallest absolute Gasteiger partial charge is 0.0416 e. The van der Waals surface area contributed by atoms with Crippen LogP contribution in [-0.4, -0.2) is 6.54 Å². The summed E-state index contributed by atoms with van der Waals surface area (Å²) in [5, 5.41) is 6.11. The van der Waals surface area contributed by atoms with Gasteiger partial charge in [-0.05, 0) is 64.6 Å². The van der Waals surface area contributed by atoms with Crippen LogP contribution in [0.5, 0.6) is 0 Å². The molecule has 1 heteroatoms. The molecule has 132 valence electrons. The van der Waals surface area contributed by atoms with E-state index >= 15 is 0 Å². The van der Waals surface area contributed by atoms with Gasteiger partial charge in [0, 0.05) is 12.2 Å². The molecule has 0 aromatic heterocycles. The zero-order valence-corrected chi connectivity index (χ0v) is 16.1. The zero-order chi connectivity index (χ0) is 18.5. The lowest BCUT2D eigenvalue weighted by Gasteiger charge is -2.16. The van der Waals surface area contributed by atoms with Gasteiger partial charge in [0.05, 0.1) is 0 Å². The molecule has 0 saturated carbocycles. The van der Waals surface area contributed by atoms with Crippen LogP contribution in [-0.2, 0) is 0 Å². The number of hydrogen-bond acceptors (Lipinski definition) is 1. The van der Waals surface area contributed by atoms with Gasteiger partial charge in [-0.15, -0.1) is 0 Å². The Morgan fingerprint density at radius 1 is 0.769 bits per heavy atom. The third kappa shape index (κ3) is 3.43. The first-order chi connectivity index (χ1) is 12.7. The fourth-order valence-corrected chi connectivity index (χ4v) is 3.44. The van der Waals surface area contributed by atoms with Crippen LogP contribution in [0.3, 0.4) is 0 Å². The SMILES string of the molecule is CC.Cc1ccc(C2=CC=CCN2)cc1-c1cccc2c(C)cccc12. The molecule has 1 N–H and O–H groups in total. The Morgan fingerprint density at radius 3 is 2.31 bits per heavy atom. The van der Waals surface area contributed by atoms with Crippen molar-refractivity contribution in [2.75, 3.05) is 6.54 Å². The molecule has 3 aromatic rings. The molecule has 0 amide bonds. The quantitative estimate of drug-likeness (QED) is 0.550. The summed E-state index contributed by atoms with van der Waals surface area (Å²) in [5.41, 5.74) is 7.67. The lowest BCUT2D eigenvalue weighted by Crippen LogP contribution is -2.14. The number of nitrogens with one attached hydrogen (secondary N) is 1. The molecule has 4 rings (SSSR count). The molecule has 0 saturated heterocycles. The summed E-state index contributed by atoms with van der Waals surface area (Å²) in [6, 6.07) is 19.9. The standard InChI is InChI=1S/C23H21N.C2H6/c1-16-7-5-9-20-19(16)8-6-10-21(20)22-15-18(13-12-17(22)2)23-11-3-4-14-24-23;1-2/h3-13,15,24H,14H2,1-2H3;1-2H3. The second-order valence-corrected chi connectivity index (χ2v) is 6.39. The average molecular weight is 341 g/mol. The van der Waals surface area contributed by atoms with Crippen LogP contribution in [0.2, 0.25) is 0 Å². The topological polar surface area (TPSA) is 12.0 Å². The van der Waals surface area contributed by atoms with E-state index in [0.717, 1.165) is 6.54 Å². The zero-order valence-electron chi connectivity index (χ0n) is 16.1. The van der Waals surface area contributed by atoms with E-state index in [1.54, 1.807) is 0 Å². The molecular weight excluding hydrogens is 314 g/mol. The van der Waals surface area contributed by atoms with Crippen molar-refractivity contribution in [1.29, 1.82) is 0 Å². The maximum Gasteiger partial charge on any atom is 0.0416 e. The highest BCUT2D eigenvalue weighted by Crippen LogP contribution is 2.33. The highest BCUT2D eigenvalue weighted by molar-refractivity contribution is 5.99. The van der Waals surface area contributed by atoms with E-state index in [9.17, 15) is 0 Å². The second-order valence-electron chi connectivity index (χ2n) is 6.39. The molecule has 0 bridgehead atoms. The van der Waals surface area contributed by atoms with Gasteiger partial charge in [-0.1, -0.05) is 74.5 Å². The molecule has 0 radical (unpaired) electrons. The summed E-state index contributed by atoms with van der Waals surface area (Å²) in [6.45, 7) is 9.26. The molecule has 0 atom stereocenters. The Kier molecular flexibility index (Phi) is 5.58. The van der Waals surface area contributed by atoms with Crippen molar-refractivity contribution in [3.8, 4) is 11.1 Å². The predicted molar refractivity (Wildman–Crippen MR) is 115 cm³/mol. The van der Waals surface area contributed by atoms with Crippen molar-refractivity contribution in [3.63, 3.8) is 0 Å². The Bertz CT molecular complexity index is 977. The van der Waals surface area contributed by atoms with Crippen LogP contribution in [0, 0.1) is 13.8 Å². The first-order valence-corrected chi connectivity index (χ1v) is 9.44. The molecule has 0 unspecified atom stereocenters. The van der Waals surface area contributed by atoms with Gasteiger partial charge >= 0.3 is 0 Å². The van der Waals surface area contributed by atoms with Crippen molar-refractivity contribution in [3.05, 3.63) is 89.5 Å². The molecule has 1 nitrogen and oxygen atoms in total. The summed E-state index contributed by atoms with van der Waals surface area (Å²) in [4.78, 5) is 0. The van der Waals surface area contributed by atoms with E-state index in [2.05, 4.69) is 92.0 Å². The van der Waals surface area contributed by atoms with E-state index in [-0.39, 0.29) is 0 Å². The minimum absolute atomic E-state index is 0.891. The van der Waals surface area contributed by atoms with Gasteiger partial charge < -0.3 is 5.32 Å². The van der Waals surface area contributed by atoms with Gasteiger partial charge in [-0.3, -0.25) is 0 Å². The van der Waals surface area contributed by atoms with Gasteiger partial charge in [0.15, 0.2) is 0 Å². The Hall–Kier alpha value is -2.80. The molecule has 3 aromatic carbocycles. The Morgan fingerprint density at radius 2 is 1.54 bits per heavy atom. The molecule has 26 heavy (non-hydrogen) atoms. The van der Waals surface area contributed by atoms with Crippen LogP contribution in [0.4, 0.5) is 0 Å². The van der Waals surface area contributed by atoms with Crippen molar-refractivity contribution >= 4 is 16.5 Å². The largest absolute Gasteiger partial charge is 0.381 e. The van der Waals surface area contributed by atoms with Crippen LogP contribution in [0.1, 0.15) is 30.5 Å². The molecule has 1 heterocycles. The molecule has 0 aliphatic carbocycles. The van der Waals surface area contributed by atoms with Gasteiger partial charge in [-0.25, -0.2) is 0 Å². The van der Waals surface area contributed by atoms with Gasteiger partial charge in [0.25, 0.3) is 0 Å². The number of dihydropyridines is 1. The number of hydrogen-bond donors (Lipinski definition) is 1. The summed E-state index contributed by atoms with van der Waals surface area (Å²) in [5.74, 6) is 0. The van der Waals surface area contributed by atoms with Crippen molar-refractivity contribution in [2.24, 2.45) is 0 Å². The van der Waals surface area contributed by atoms with Crippen LogP contribution in [0.15, 0.2) is 72.8 Å². The minimum Gasteiger partial charge on any atom is -0.381 e. The van der Waals surface area contributed by atoms with Gasteiger partial charge in [-0.2, -0.15) is 0 Å². The van der Waals surface area contributed by atoms with E-state index in [4.69, 9.17) is 0 Å². The Balaban J connectivity index is 0.000000948. The van der Waals surface area contributed by atoms with Crippen LogP contribution >= 0.6 is 0 Å². The molecule has 0 spiro atoms. The minimum atomic E-state index is 0.891. The predicted octanol–water partition coefficient (Wildman–Crippen LogP) is 6.65. The number of allylic oxidation sites excluding steroid dienone is 2. The van der Waals surface area contributed by atoms with Crippen LogP contribution in [0.25, 0.3) is 27.6 Å². The molecular formula is C25H27N. The second kappa shape index (κ2) is 8.05. The van der Waals surface area contributed by atoms with Crippen molar-refractivity contribution in [2.45, 2.75) is 27.7 Å². The average Bonchev–Trinajstić information content (AvgIpc) is 2.71. The summed E-state index contributed by atoms with van der Waals surface area (Å²) in [6.07, 6.45) is 6.39. The highest BCUT2D eigenvalue weighted by atomic mass is 14.9. The monoisotopic (exact) mass is 341 g/mol. The fourth-order valence-electron chi connectivity index (χ4n) is 3.44. The van der Waals surface area contributed by atoms with E-state index in [1.165, 1.54) is 44.3 Å². The lowest BCUT2D eigenvalue weighted by atomic mass is 9.92.